The van der Waals surface area contributed by atoms with Crippen molar-refractivity contribution in [2.24, 2.45) is 0 Å². The van der Waals surface area contributed by atoms with E-state index in [0.29, 0.717) is 11.6 Å². The third-order valence-electron chi connectivity index (χ3n) is 11.8. The average molecular weight is 824 g/mol. The molecule has 0 fully saturated rings. The molecule has 0 N–H and O–H groups in total. The molecule has 0 saturated heterocycles. The first-order chi connectivity index (χ1) is 31.8. The van der Waals surface area contributed by atoms with Gasteiger partial charge in [0, 0.05) is 46.0 Å². The zero-order chi connectivity index (χ0) is 42.4. The molecule has 0 unspecified atom stereocenters. The van der Waals surface area contributed by atoms with E-state index in [2.05, 4.69) is 229 Å². The van der Waals surface area contributed by atoms with Crippen LogP contribution in [0, 0.1) is 0 Å². The summed E-state index contributed by atoms with van der Waals surface area (Å²) < 4.78 is 0. The Morgan fingerprint density at radius 1 is 0.266 bits per heavy atom. The molecule has 2 aliphatic rings. The summed E-state index contributed by atoms with van der Waals surface area (Å²) in [6, 6.07) is 70.6. The quantitative estimate of drug-likeness (QED) is 0.156. The van der Waals surface area contributed by atoms with E-state index in [1.807, 2.05) is 6.07 Å². The number of anilines is 12. The Morgan fingerprint density at radius 2 is 0.594 bits per heavy atom. The zero-order valence-electron chi connectivity index (χ0n) is 34.4. The molecule has 0 saturated carbocycles. The number of hydrogen-bond donors (Lipinski definition) is 0. The molecule has 8 aromatic carbocycles. The summed E-state index contributed by atoms with van der Waals surface area (Å²) in [6.07, 6.45) is 6.68. The van der Waals surface area contributed by atoms with E-state index >= 15 is 0 Å². The fourth-order valence-electron chi connectivity index (χ4n) is 9.12. The highest BCUT2D eigenvalue weighted by atomic mass is 15.3. The van der Waals surface area contributed by atoms with Gasteiger partial charge in [0.25, 0.3) is 0 Å². The lowest BCUT2D eigenvalue weighted by Gasteiger charge is -2.42. The van der Waals surface area contributed by atoms with Crippen LogP contribution in [-0.4, -0.2) is 24.9 Å². The van der Waals surface area contributed by atoms with Gasteiger partial charge in [-0.2, -0.15) is 0 Å². The second-order valence-electron chi connectivity index (χ2n) is 15.5. The van der Waals surface area contributed by atoms with E-state index in [9.17, 15) is 0 Å². The highest BCUT2D eigenvalue weighted by Crippen LogP contribution is 2.59. The van der Waals surface area contributed by atoms with Crippen molar-refractivity contribution in [3.05, 3.63) is 225 Å². The fraction of sp³-hybridized carbons (Fsp3) is 0. The number of fused-ring (bicyclic) bond motifs is 4. The summed E-state index contributed by atoms with van der Waals surface area (Å²) in [4.78, 5) is 32.3. The maximum absolute atomic E-state index is 4.73. The van der Waals surface area contributed by atoms with Crippen LogP contribution < -0.4 is 19.6 Å². The first-order valence-electron chi connectivity index (χ1n) is 21.2. The average Bonchev–Trinajstić information content (AvgIpc) is 3.38. The van der Waals surface area contributed by atoms with E-state index in [-0.39, 0.29) is 0 Å². The highest BCUT2D eigenvalue weighted by molar-refractivity contribution is 6.08. The standard InChI is InChI=1S/C55H37N9/c1-3-16-40(17-4-1)61-44-20-7-11-24-48(44)63(49-25-12-8-21-45(49)61)52-34-38(54-57-32-15-33-58-54)28-30-42(52)43-31-29-39(55-59-36-56-37-60-55)35-53(43)64-50-26-13-9-22-46(50)62(41-18-5-2-6-19-41)47-23-10-14-27-51(47)64/h1-37H. The van der Waals surface area contributed by atoms with Crippen molar-refractivity contribution in [1.29, 1.82) is 0 Å². The van der Waals surface area contributed by atoms with Gasteiger partial charge < -0.3 is 19.6 Å². The van der Waals surface area contributed by atoms with Crippen molar-refractivity contribution in [3.63, 3.8) is 0 Å². The van der Waals surface area contributed by atoms with Gasteiger partial charge in [-0.05, 0) is 91.0 Å². The summed E-state index contributed by atoms with van der Waals surface area (Å²) in [5.74, 6) is 1.23. The topological polar surface area (TPSA) is 77.4 Å². The predicted octanol–water partition coefficient (Wildman–Crippen LogP) is 14.2. The lowest BCUT2D eigenvalue weighted by Crippen LogP contribution is -2.25. The Kier molecular flexibility index (Phi) is 8.93. The molecule has 4 heterocycles. The van der Waals surface area contributed by atoms with Crippen molar-refractivity contribution in [1.82, 2.24) is 24.9 Å². The Morgan fingerprint density at radius 3 is 0.969 bits per heavy atom. The summed E-state index contributed by atoms with van der Waals surface area (Å²) in [7, 11) is 0. The van der Waals surface area contributed by atoms with Gasteiger partial charge in [-0.1, -0.05) is 109 Å². The lowest BCUT2D eigenvalue weighted by atomic mass is 9.93. The smallest absolute Gasteiger partial charge is 0.162 e. The molecule has 302 valence electrons. The van der Waals surface area contributed by atoms with Gasteiger partial charge >= 0.3 is 0 Å². The minimum absolute atomic E-state index is 0.587. The van der Waals surface area contributed by atoms with Crippen LogP contribution in [0.4, 0.5) is 68.2 Å². The van der Waals surface area contributed by atoms with E-state index < -0.39 is 0 Å². The molecule has 2 aromatic heterocycles. The van der Waals surface area contributed by atoms with Gasteiger partial charge in [-0.25, -0.2) is 24.9 Å². The maximum Gasteiger partial charge on any atom is 0.162 e. The van der Waals surface area contributed by atoms with Crippen LogP contribution in [-0.2, 0) is 0 Å². The lowest BCUT2D eigenvalue weighted by molar-refractivity contribution is 1.06. The van der Waals surface area contributed by atoms with Crippen molar-refractivity contribution < 1.29 is 0 Å². The van der Waals surface area contributed by atoms with Crippen LogP contribution in [0.5, 0.6) is 0 Å². The van der Waals surface area contributed by atoms with E-state index in [1.165, 1.54) is 0 Å². The van der Waals surface area contributed by atoms with Crippen molar-refractivity contribution in [2.45, 2.75) is 0 Å². The minimum atomic E-state index is 0.587. The van der Waals surface area contributed by atoms with Crippen molar-refractivity contribution in [2.75, 3.05) is 19.6 Å². The number of para-hydroxylation sites is 10. The van der Waals surface area contributed by atoms with Gasteiger partial charge in [0.05, 0.1) is 56.9 Å². The molecule has 9 nitrogen and oxygen atoms in total. The van der Waals surface area contributed by atoms with Crippen molar-refractivity contribution >= 4 is 68.2 Å². The Hall–Kier alpha value is -8.95. The second-order valence-corrected chi connectivity index (χ2v) is 15.5. The summed E-state index contributed by atoms with van der Waals surface area (Å²) >= 11 is 0. The van der Waals surface area contributed by atoms with Gasteiger partial charge in [-0.3, -0.25) is 0 Å². The molecule has 2 aliphatic heterocycles. The van der Waals surface area contributed by atoms with Gasteiger partial charge in [0.2, 0.25) is 0 Å². The van der Waals surface area contributed by atoms with Crippen LogP contribution in [0.15, 0.2) is 225 Å². The molecule has 0 aliphatic carbocycles. The molecular weight excluding hydrogens is 787 g/mol. The molecular formula is C55H37N9. The molecule has 9 heteroatoms. The first-order valence-corrected chi connectivity index (χ1v) is 21.2. The number of nitrogens with zero attached hydrogens (tertiary/aromatic N) is 9. The Labute approximate surface area is 370 Å². The molecule has 64 heavy (non-hydrogen) atoms. The maximum atomic E-state index is 4.73. The summed E-state index contributed by atoms with van der Waals surface area (Å²) in [6.45, 7) is 0. The summed E-state index contributed by atoms with van der Waals surface area (Å²) in [5, 5.41) is 0. The van der Waals surface area contributed by atoms with Crippen LogP contribution in [0.1, 0.15) is 0 Å². The monoisotopic (exact) mass is 823 g/mol. The minimum Gasteiger partial charge on any atom is -0.306 e. The van der Waals surface area contributed by atoms with Crippen molar-refractivity contribution in [3.8, 4) is 33.9 Å². The Balaban J connectivity index is 1.14. The zero-order valence-corrected chi connectivity index (χ0v) is 34.4. The van der Waals surface area contributed by atoms with Crippen LogP contribution in [0.3, 0.4) is 0 Å². The summed E-state index contributed by atoms with van der Waals surface area (Å²) in [5.41, 5.74) is 16.2. The predicted molar refractivity (Wildman–Crippen MR) is 258 cm³/mol. The molecule has 0 bridgehead atoms. The second kappa shape index (κ2) is 15.5. The highest BCUT2D eigenvalue weighted by Gasteiger charge is 2.35. The largest absolute Gasteiger partial charge is 0.306 e. The van der Waals surface area contributed by atoms with E-state index in [0.717, 1.165) is 90.5 Å². The number of rotatable bonds is 7. The Bertz CT molecular complexity index is 2990. The van der Waals surface area contributed by atoms with E-state index in [1.54, 1.807) is 25.0 Å². The van der Waals surface area contributed by atoms with Gasteiger partial charge in [0.1, 0.15) is 12.7 Å². The number of aromatic nitrogens is 5. The molecule has 0 radical (unpaired) electrons. The molecule has 0 spiro atoms. The molecule has 12 rings (SSSR count). The van der Waals surface area contributed by atoms with Gasteiger partial charge in [0.15, 0.2) is 11.6 Å². The normalized spacial score (nSPS) is 12.6. The molecule has 0 amide bonds. The number of hydrogen-bond acceptors (Lipinski definition) is 9. The van der Waals surface area contributed by atoms with Crippen LogP contribution in [0.2, 0.25) is 0 Å². The van der Waals surface area contributed by atoms with Crippen LogP contribution in [0.25, 0.3) is 33.9 Å². The third-order valence-corrected chi connectivity index (χ3v) is 11.8. The van der Waals surface area contributed by atoms with Gasteiger partial charge in [-0.15, -0.1) is 0 Å². The van der Waals surface area contributed by atoms with Crippen LogP contribution >= 0.6 is 0 Å². The third kappa shape index (κ3) is 6.14. The van der Waals surface area contributed by atoms with E-state index in [4.69, 9.17) is 9.97 Å². The fourth-order valence-corrected chi connectivity index (χ4v) is 9.12. The molecule has 10 aromatic rings. The first kappa shape index (κ1) is 36.9. The molecule has 0 atom stereocenters. The number of benzene rings is 8. The SMILES string of the molecule is c1ccc(N2c3ccccc3N(c3cc(-c4ncccn4)ccc3-c3ccc(-c4ncncn4)cc3N3c4ccccc4N(c4ccccc4)c4ccccc43)c3ccccc32)cc1.